The molecule has 19 heavy (non-hydrogen) atoms. The Morgan fingerprint density at radius 2 is 2.00 bits per heavy atom. The van der Waals surface area contributed by atoms with Crippen LogP contribution in [-0.2, 0) is 4.79 Å². The first-order valence-electron chi connectivity index (χ1n) is 8.26. The van der Waals surface area contributed by atoms with Crippen molar-refractivity contribution in [1.82, 2.24) is 0 Å². The second-order valence-electron chi connectivity index (χ2n) is 8.22. The van der Waals surface area contributed by atoms with Gasteiger partial charge in [-0.15, -0.1) is 0 Å². The molecule has 2 bridgehead atoms. The number of allylic oxidation sites excluding steroid dienone is 2. The molecule has 0 amide bonds. The first-order valence-corrected chi connectivity index (χ1v) is 8.26. The fraction of sp³-hybridized carbons (Fsp3) is 0.833. The molecule has 0 spiro atoms. The van der Waals surface area contributed by atoms with Crippen molar-refractivity contribution in [1.29, 1.82) is 0 Å². The molecular formula is C18H26O. The maximum absolute atomic E-state index is 12.7. The lowest BCUT2D eigenvalue weighted by molar-refractivity contribution is -0.149. The van der Waals surface area contributed by atoms with Gasteiger partial charge in [0, 0.05) is 11.3 Å². The van der Waals surface area contributed by atoms with Gasteiger partial charge in [-0.05, 0) is 61.7 Å². The molecule has 4 rings (SSSR count). The van der Waals surface area contributed by atoms with Crippen LogP contribution in [0.1, 0.15) is 58.8 Å². The number of hydrogen-bond donors (Lipinski definition) is 0. The van der Waals surface area contributed by atoms with Gasteiger partial charge >= 0.3 is 0 Å². The van der Waals surface area contributed by atoms with Gasteiger partial charge in [0.25, 0.3) is 0 Å². The molecule has 0 N–H and O–H groups in total. The molecule has 0 aliphatic heterocycles. The van der Waals surface area contributed by atoms with Gasteiger partial charge in [-0.1, -0.05) is 32.4 Å². The van der Waals surface area contributed by atoms with E-state index in [1.165, 1.54) is 32.1 Å². The zero-order chi connectivity index (χ0) is 13.3. The number of ketones is 1. The minimum absolute atomic E-state index is 0.0216. The molecule has 6 atom stereocenters. The van der Waals surface area contributed by atoms with E-state index in [-0.39, 0.29) is 11.3 Å². The van der Waals surface area contributed by atoms with Crippen LogP contribution in [-0.4, -0.2) is 5.78 Å². The number of rotatable bonds is 0. The third kappa shape index (κ3) is 1.45. The van der Waals surface area contributed by atoms with Crippen LogP contribution in [0.5, 0.6) is 0 Å². The molecule has 1 heteroatoms. The summed E-state index contributed by atoms with van der Waals surface area (Å²) in [6, 6.07) is 0. The van der Waals surface area contributed by atoms with Gasteiger partial charge in [0.15, 0.2) is 0 Å². The Morgan fingerprint density at radius 3 is 2.84 bits per heavy atom. The van der Waals surface area contributed by atoms with Crippen LogP contribution >= 0.6 is 0 Å². The number of carbonyl (C=O) groups excluding carboxylic acids is 1. The summed E-state index contributed by atoms with van der Waals surface area (Å²) < 4.78 is 0. The summed E-state index contributed by atoms with van der Waals surface area (Å²) in [6.45, 7) is 4.81. The second-order valence-corrected chi connectivity index (χ2v) is 8.22. The molecule has 4 aliphatic carbocycles. The Balaban J connectivity index is 1.75. The third-order valence-electron chi connectivity index (χ3n) is 7.37. The topological polar surface area (TPSA) is 17.1 Å². The standard InChI is InChI=1S/C18H26O/c1-17-8-4-6-14(17)13-11-12-5-3-9-18(2,16(12)19)15(13)7-10-17/h3,5,12-15H,4,6-11H2,1-2H3/t12-,13-,14+,15+,17-,18-/m0/s1. The van der Waals surface area contributed by atoms with E-state index in [2.05, 4.69) is 26.0 Å². The Morgan fingerprint density at radius 1 is 1.16 bits per heavy atom. The molecule has 104 valence electrons. The molecule has 3 saturated carbocycles. The Kier molecular flexibility index (Phi) is 2.40. The highest BCUT2D eigenvalue weighted by Gasteiger charge is 2.59. The van der Waals surface area contributed by atoms with Crippen molar-refractivity contribution in [3.63, 3.8) is 0 Å². The molecule has 1 nitrogen and oxygen atoms in total. The van der Waals surface area contributed by atoms with E-state index >= 15 is 0 Å². The summed E-state index contributed by atoms with van der Waals surface area (Å²) in [4.78, 5) is 12.7. The van der Waals surface area contributed by atoms with E-state index in [9.17, 15) is 4.79 Å². The average molecular weight is 258 g/mol. The fourth-order valence-corrected chi connectivity index (χ4v) is 6.30. The van der Waals surface area contributed by atoms with E-state index in [1.807, 2.05) is 0 Å². The van der Waals surface area contributed by atoms with Crippen LogP contribution in [0.25, 0.3) is 0 Å². The summed E-state index contributed by atoms with van der Waals surface area (Å²) in [7, 11) is 0. The Labute approximate surface area is 116 Å². The first kappa shape index (κ1) is 12.2. The van der Waals surface area contributed by atoms with Crippen LogP contribution in [0.2, 0.25) is 0 Å². The predicted molar refractivity (Wildman–Crippen MR) is 76.6 cm³/mol. The average Bonchev–Trinajstić information content (AvgIpc) is 2.75. The highest BCUT2D eigenvalue weighted by molar-refractivity contribution is 5.90. The number of carbonyl (C=O) groups is 1. The van der Waals surface area contributed by atoms with Gasteiger partial charge in [0.2, 0.25) is 0 Å². The van der Waals surface area contributed by atoms with Gasteiger partial charge in [0.05, 0.1) is 0 Å². The fourth-order valence-electron chi connectivity index (χ4n) is 6.30. The molecule has 0 saturated heterocycles. The highest BCUT2D eigenvalue weighted by Crippen LogP contribution is 2.64. The summed E-state index contributed by atoms with van der Waals surface area (Å²) in [5.74, 6) is 3.24. The summed E-state index contributed by atoms with van der Waals surface area (Å²) in [5, 5.41) is 0. The van der Waals surface area contributed by atoms with Crippen molar-refractivity contribution in [2.45, 2.75) is 58.8 Å². The van der Waals surface area contributed by atoms with E-state index in [0.29, 0.717) is 17.1 Å². The summed E-state index contributed by atoms with van der Waals surface area (Å²) in [6.07, 6.45) is 13.7. The van der Waals surface area contributed by atoms with Crippen LogP contribution in [0, 0.1) is 34.5 Å². The molecule has 0 radical (unpaired) electrons. The van der Waals surface area contributed by atoms with Crippen molar-refractivity contribution in [3.05, 3.63) is 12.2 Å². The molecule has 0 aromatic rings. The van der Waals surface area contributed by atoms with Gasteiger partial charge in [-0.2, -0.15) is 0 Å². The lowest BCUT2D eigenvalue weighted by atomic mass is 9.46. The maximum Gasteiger partial charge on any atom is 0.146 e. The predicted octanol–water partition coefficient (Wildman–Crippen LogP) is 4.37. The van der Waals surface area contributed by atoms with Crippen LogP contribution in [0.4, 0.5) is 0 Å². The number of fused-ring (bicyclic) bond motifs is 6. The van der Waals surface area contributed by atoms with Crippen molar-refractivity contribution < 1.29 is 4.79 Å². The van der Waals surface area contributed by atoms with Gasteiger partial charge < -0.3 is 0 Å². The van der Waals surface area contributed by atoms with Crippen molar-refractivity contribution >= 4 is 5.78 Å². The molecule has 0 aromatic carbocycles. The van der Waals surface area contributed by atoms with Crippen molar-refractivity contribution in [2.75, 3.05) is 0 Å². The van der Waals surface area contributed by atoms with E-state index in [0.717, 1.165) is 24.7 Å². The molecule has 0 unspecified atom stereocenters. The van der Waals surface area contributed by atoms with Gasteiger partial charge in [0.1, 0.15) is 5.78 Å². The van der Waals surface area contributed by atoms with Crippen molar-refractivity contribution in [3.8, 4) is 0 Å². The Bertz CT molecular complexity index is 451. The first-order chi connectivity index (χ1) is 9.05. The third-order valence-corrected chi connectivity index (χ3v) is 7.37. The maximum atomic E-state index is 12.7. The molecule has 3 fully saturated rings. The molecular weight excluding hydrogens is 232 g/mol. The smallest absolute Gasteiger partial charge is 0.146 e. The van der Waals surface area contributed by atoms with E-state index in [1.54, 1.807) is 0 Å². The molecule has 4 aliphatic rings. The van der Waals surface area contributed by atoms with E-state index in [4.69, 9.17) is 0 Å². The van der Waals surface area contributed by atoms with Crippen LogP contribution in [0.15, 0.2) is 12.2 Å². The SMILES string of the molecule is C[C@@]12CCC[C@@H]1[C@@H]1C[C@@H]3C=CC[C@](C)(C3=O)[C@@H]1CC2. The second kappa shape index (κ2) is 3.74. The minimum Gasteiger partial charge on any atom is -0.298 e. The quantitative estimate of drug-likeness (QED) is 0.589. The zero-order valence-corrected chi connectivity index (χ0v) is 12.3. The molecule has 0 heterocycles. The summed E-state index contributed by atoms with van der Waals surface area (Å²) in [5.41, 5.74) is 0.585. The van der Waals surface area contributed by atoms with Gasteiger partial charge in [-0.3, -0.25) is 4.79 Å². The van der Waals surface area contributed by atoms with Crippen LogP contribution < -0.4 is 0 Å². The zero-order valence-electron chi connectivity index (χ0n) is 12.3. The van der Waals surface area contributed by atoms with Gasteiger partial charge in [-0.25, -0.2) is 0 Å². The minimum atomic E-state index is -0.0216. The lowest BCUT2D eigenvalue weighted by Crippen LogP contribution is -2.54. The highest BCUT2D eigenvalue weighted by atomic mass is 16.1. The normalized spacial score (nSPS) is 55.8. The van der Waals surface area contributed by atoms with E-state index < -0.39 is 0 Å². The largest absolute Gasteiger partial charge is 0.298 e. The number of hydrogen-bond acceptors (Lipinski definition) is 1. The monoisotopic (exact) mass is 258 g/mol. The lowest BCUT2D eigenvalue weighted by Gasteiger charge is -2.57. The van der Waals surface area contributed by atoms with Crippen LogP contribution in [0.3, 0.4) is 0 Å². The Hall–Kier alpha value is -0.590. The number of Topliss-reactive ketones (excluding diaryl/α,β-unsaturated/α-hetero) is 1. The van der Waals surface area contributed by atoms with Crippen molar-refractivity contribution in [2.24, 2.45) is 34.5 Å². The molecule has 0 aromatic heterocycles. The summed E-state index contributed by atoms with van der Waals surface area (Å²) >= 11 is 0.